The van der Waals surface area contributed by atoms with Crippen molar-refractivity contribution in [3.05, 3.63) is 118 Å². The van der Waals surface area contributed by atoms with Crippen LogP contribution in [0.3, 0.4) is 0 Å². The first kappa shape index (κ1) is 25.0. The van der Waals surface area contributed by atoms with Crippen LogP contribution in [0.4, 0.5) is 17.1 Å². The first-order valence-corrected chi connectivity index (χ1v) is 13.2. The molecule has 0 aliphatic heterocycles. The molecule has 9 nitrogen and oxygen atoms in total. The van der Waals surface area contributed by atoms with E-state index in [2.05, 4.69) is 20.2 Å². The maximum Gasteiger partial charge on any atom is 0.295 e. The maximum atomic E-state index is 12.8. The van der Waals surface area contributed by atoms with Gasteiger partial charge in [-0.05, 0) is 42.0 Å². The molecule has 0 bridgehead atoms. The molecule has 4 aromatic carbocycles. The van der Waals surface area contributed by atoms with Crippen molar-refractivity contribution >= 4 is 55.8 Å². The number of halogens is 1. The molecule has 0 amide bonds. The zero-order valence-corrected chi connectivity index (χ0v) is 21.2. The predicted molar refractivity (Wildman–Crippen MR) is 150 cm³/mol. The zero-order valence-electron chi connectivity index (χ0n) is 19.6. The van der Waals surface area contributed by atoms with Crippen LogP contribution in [0.15, 0.2) is 107 Å². The van der Waals surface area contributed by atoms with E-state index in [4.69, 9.17) is 11.6 Å². The van der Waals surface area contributed by atoms with E-state index in [-0.39, 0.29) is 16.3 Å². The van der Waals surface area contributed by atoms with Crippen LogP contribution < -0.4 is 10.1 Å². The highest BCUT2D eigenvalue weighted by molar-refractivity contribution is 7.92. The summed E-state index contributed by atoms with van der Waals surface area (Å²) in [6.07, 6.45) is 1.58. The van der Waals surface area contributed by atoms with Gasteiger partial charge in [-0.15, -0.1) is 0 Å². The Morgan fingerprint density at radius 3 is 2.45 bits per heavy atom. The van der Waals surface area contributed by atoms with Crippen LogP contribution in [-0.4, -0.2) is 24.5 Å². The van der Waals surface area contributed by atoms with Crippen molar-refractivity contribution in [1.82, 2.24) is 4.98 Å². The fourth-order valence-electron chi connectivity index (χ4n) is 3.99. The number of aromatic nitrogens is 1. The molecule has 0 saturated carbocycles. The lowest BCUT2D eigenvalue weighted by Crippen LogP contribution is -2.13. The number of benzene rings is 4. The number of para-hydroxylation sites is 1. The number of nitrogens with zero attached hydrogens (tertiary/aromatic N) is 2. The first-order valence-electron chi connectivity index (χ1n) is 11.3. The number of fused-ring (bicyclic) bond motifs is 1. The number of nitrogens with one attached hydrogen (secondary N) is 3. The van der Waals surface area contributed by atoms with Crippen LogP contribution in [0, 0.1) is 10.1 Å². The fourth-order valence-corrected chi connectivity index (χ4v) is 5.25. The Hall–Kier alpha value is -4.67. The molecule has 190 valence electrons. The van der Waals surface area contributed by atoms with Gasteiger partial charge in [-0.3, -0.25) is 20.3 Å². The lowest BCUT2D eigenvalue weighted by molar-refractivity contribution is -0.384. The van der Waals surface area contributed by atoms with E-state index in [0.717, 1.165) is 33.8 Å². The zero-order chi connectivity index (χ0) is 26.7. The summed E-state index contributed by atoms with van der Waals surface area (Å²) in [6, 6.07) is 27.2. The maximum absolute atomic E-state index is 12.8. The quantitative estimate of drug-likeness (QED) is 0.114. The van der Waals surface area contributed by atoms with Gasteiger partial charge in [-0.1, -0.05) is 66.2 Å². The summed E-state index contributed by atoms with van der Waals surface area (Å²) in [5.41, 5.74) is 6.04. The third kappa shape index (κ3) is 5.22. The summed E-state index contributed by atoms with van der Waals surface area (Å²) in [5.74, 6) is 0. The topological polar surface area (TPSA) is 129 Å². The SMILES string of the molecule is O=[N+]([O-])c1cc(S(=O)(=O)Nc2cccc(Cl)c2)ccc1N/N=C\c1c(-c2ccccc2)[nH]c2ccccc12. The number of hydrogen-bond donors (Lipinski definition) is 3. The molecule has 1 aromatic heterocycles. The van der Waals surface area contributed by atoms with Gasteiger partial charge in [0, 0.05) is 27.6 Å². The van der Waals surface area contributed by atoms with Crippen molar-refractivity contribution in [2.24, 2.45) is 5.10 Å². The number of sulfonamides is 1. The minimum atomic E-state index is -4.10. The third-order valence-corrected chi connectivity index (χ3v) is 7.35. The Balaban J connectivity index is 1.45. The van der Waals surface area contributed by atoms with Crippen molar-refractivity contribution in [2.45, 2.75) is 4.90 Å². The van der Waals surface area contributed by atoms with Gasteiger partial charge in [0.2, 0.25) is 0 Å². The lowest BCUT2D eigenvalue weighted by atomic mass is 10.1. The summed E-state index contributed by atoms with van der Waals surface area (Å²) in [4.78, 5) is 14.2. The highest BCUT2D eigenvalue weighted by Gasteiger charge is 2.22. The van der Waals surface area contributed by atoms with E-state index in [9.17, 15) is 18.5 Å². The number of nitro groups is 1. The Labute approximate surface area is 223 Å². The summed E-state index contributed by atoms with van der Waals surface area (Å²) in [7, 11) is -4.10. The molecule has 0 fully saturated rings. The number of rotatable bonds is 8. The highest BCUT2D eigenvalue weighted by Crippen LogP contribution is 2.31. The molecular weight excluding hydrogens is 526 g/mol. The Kier molecular flexibility index (Phi) is 6.82. The average molecular weight is 546 g/mol. The fraction of sp³-hybridized carbons (Fsp3) is 0. The summed E-state index contributed by atoms with van der Waals surface area (Å²) in [6.45, 7) is 0. The number of aromatic amines is 1. The van der Waals surface area contributed by atoms with Crippen molar-refractivity contribution in [1.29, 1.82) is 0 Å². The molecule has 3 N–H and O–H groups in total. The third-order valence-electron chi connectivity index (χ3n) is 5.74. The van der Waals surface area contributed by atoms with Crippen LogP contribution >= 0.6 is 11.6 Å². The van der Waals surface area contributed by atoms with Gasteiger partial charge in [0.25, 0.3) is 15.7 Å². The molecule has 0 spiro atoms. The minimum absolute atomic E-state index is 0.0362. The van der Waals surface area contributed by atoms with Gasteiger partial charge >= 0.3 is 0 Å². The molecule has 0 saturated heterocycles. The number of nitro benzene ring substituents is 1. The minimum Gasteiger partial charge on any atom is -0.354 e. The normalized spacial score (nSPS) is 11.6. The van der Waals surface area contributed by atoms with E-state index in [0.29, 0.717) is 5.02 Å². The van der Waals surface area contributed by atoms with Crippen molar-refractivity contribution < 1.29 is 13.3 Å². The highest BCUT2D eigenvalue weighted by atomic mass is 35.5. The largest absolute Gasteiger partial charge is 0.354 e. The molecule has 0 atom stereocenters. The molecule has 1 heterocycles. The Morgan fingerprint density at radius 2 is 1.68 bits per heavy atom. The van der Waals surface area contributed by atoms with Gasteiger partial charge in [0.05, 0.1) is 27.4 Å². The average Bonchev–Trinajstić information content (AvgIpc) is 3.27. The van der Waals surface area contributed by atoms with Crippen LogP contribution in [0.5, 0.6) is 0 Å². The van der Waals surface area contributed by atoms with Crippen LogP contribution in [-0.2, 0) is 10.0 Å². The van der Waals surface area contributed by atoms with Crippen molar-refractivity contribution in [3.63, 3.8) is 0 Å². The smallest absolute Gasteiger partial charge is 0.295 e. The van der Waals surface area contributed by atoms with E-state index < -0.39 is 20.6 Å². The van der Waals surface area contributed by atoms with E-state index >= 15 is 0 Å². The summed E-state index contributed by atoms with van der Waals surface area (Å²) >= 11 is 5.92. The number of hydrogen-bond acceptors (Lipinski definition) is 6. The summed E-state index contributed by atoms with van der Waals surface area (Å²) < 4.78 is 28.0. The second-order valence-corrected chi connectivity index (χ2v) is 10.4. The second-order valence-electron chi connectivity index (χ2n) is 8.25. The Bertz CT molecular complexity index is 1790. The van der Waals surface area contributed by atoms with Crippen LogP contribution in [0.2, 0.25) is 5.02 Å². The number of H-pyrrole nitrogens is 1. The molecule has 0 aliphatic carbocycles. The van der Waals surface area contributed by atoms with E-state index in [1.165, 1.54) is 24.3 Å². The molecule has 5 rings (SSSR count). The van der Waals surface area contributed by atoms with Gasteiger partial charge in [0.15, 0.2) is 0 Å². The predicted octanol–water partition coefficient (Wildman–Crippen LogP) is 6.64. The van der Waals surface area contributed by atoms with Gasteiger partial charge in [-0.25, -0.2) is 8.42 Å². The second kappa shape index (κ2) is 10.4. The van der Waals surface area contributed by atoms with Crippen molar-refractivity contribution in [3.8, 4) is 11.3 Å². The molecular formula is C27H20ClN5O4S. The van der Waals surface area contributed by atoms with E-state index in [1.54, 1.807) is 18.3 Å². The monoisotopic (exact) mass is 545 g/mol. The van der Waals surface area contributed by atoms with Gasteiger partial charge < -0.3 is 4.98 Å². The lowest BCUT2D eigenvalue weighted by Gasteiger charge is -2.09. The Morgan fingerprint density at radius 1 is 0.921 bits per heavy atom. The molecule has 0 unspecified atom stereocenters. The van der Waals surface area contributed by atoms with Crippen LogP contribution in [0.25, 0.3) is 22.2 Å². The van der Waals surface area contributed by atoms with Gasteiger partial charge in [-0.2, -0.15) is 5.10 Å². The number of anilines is 2. The number of hydrazone groups is 1. The first-order chi connectivity index (χ1) is 18.3. The summed E-state index contributed by atoms with van der Waals surface area (Å²) in [5, 5.41) is 17.3. The standard InChI is InChI=1S/C27H20ClN5O4S/c28-19-9-6-10-20(15-19)32-38(36,37)21-13-14-25(26(16-21)33(34)35)31-29-17-23-22-11-4-5-12-24(22)30-27(23)18-7-2-1-3-8-18/h1-17,30-32H/b29-17-. The van der Waals surface area contributed by atoms with E-state index in [1.807, 2.05) is 54.6 Å². The molecule has 0 radical (unpaired) electrons. The molecule has 5 aromatic rings. The van der Waals surface area contributed by atoms with Gasteiger partial charge in [0.1, 0.15) is 5.69 Å². The molecule has 0 aliphatic rings. The molecule has 38 heavy (non-hydrogen) atoms. The van der Waals surface area contributed by atoms with Crippen molar-refractivity contribution in [2.75, 3.05) is 10.1 Å². The molecule has 11 heteroatoms. The van der Waals surface area contributed by atoms with Crippen LogP contribution in [0.1, 0.15) is 5.56 Å².